The first-order valence-electron chi connectivity index (χ1n) is 8.51. The number of benzene rings is 1. The molecule has 3 N–H and O–H groups in total. The lowest BCUT2D eigenvalue weighted by Gasteiger charge is -2.25. The molecule has 0 saturated carbocycles. The lowest BCUT2D eigenvalue weighted by Crippen LogP contribution is -2.46. The van der Waals surface area contributed by atoms with Crippen molar-refractivity contribution in [2.75, 3.05) is 13.7 Å². The van der Waals surface area contributed by atoms with Crippen LogP contribution in [0.1, 0.15) is 16.9 Å². The van der Waals surface area contributed by atoms with Crippen LogP contribution < -0.4 is 15.4 Å². The molecule has 3 aromatic rings. The second-order valence-corrected chi connectivity index (χ2v) is 6.81. The average molecular weight is 400 g/mol. The molecule has 146 valence electrons. The highest BCUT2D eigenvalue weighted by atomic mass is 32.1. The van der Waals surface area contributed by atoms with E-state index >= 15 is 0 Å². The average Bonchev–Trinajstić information content (AvgIpc) is 3.44. The molecule has 7 nitrogen and oxygen atoms in total. The topological polar surface area (TPSA) is 101 Å². The van der Waals surface area contributed by atoms with Crippen molar-refractivity contribution in [1.82, 2.24) is 10.6 Å². The molecule has 0 aliphatic rings. The minimum absolute atomic E-state index is 0.142. The second-order valence-electron chi connectivity index (χ2n) is 6.03. The summed E-state index contributed by atoms with van der Waals surface area (Å²) in [6.45, 7) is -0.0680. The fourth-order valence-electron chi connectivity index (χ4n) is 2.74. The van der Waals surface area contributed by atoms with Crippen LogP contribution in [0, 0.1) is 0 Å². The lowest BCUT2D eigenvalue weighted by atomic mass is 9.93. The Morgan fingerprint density at radius 3 is 2.61 bits per heavy atom. The molecule has 0 fully saturated rings. The fourth-order valence-corrected chi connectivity index (χ4v) is 3.46. The van der Waals surface area contributed by atoms with Gasteiger partial charge in [-0.25, -0.2) is 0 Å². The van der Waals surface area contributed by atoms with Gasteiger partial charge in [0, 0.05) is 17.7 Å². The normalized spacial score (nSPS) is 12.8. The molecule has 3 rings (SSSR count). The van der Waals surface area contributed by atoms with Crippen molar-refractivity contribution in [2.45, 2.75) is 12.1 Å². The number of hydrogen-bond acceptors (Lipinski definition) is 6. The maximum absolute atomic E-state index is 12.2. The van der Waals surface area contributed by atoms with Gasteiger partial charge in [0.15, 0.2) is 5.60 Å². The predicted octanol–water partition coefficient (Wildman–Crippen LogP) is 2.02. The van der Waals surface area contributed by atoms with E-state index in [0.29, 0.717) is 11.3 Å². The molecular formula is C20H20N2O5S. The number of methoxy groups -OCH3 is 1. The smallest absolute Gasteiger partial charge is 0.309 e. The number of carbonyl (C=O) groups is 2. The molecule has 0 aliphatic carbocycles. The van der Waals surface area contributed by atoms with Crippen LogP contribution in [0.4, 0.5) is 0 Å². The van der Waals surface area contributed by atoms with Crippen molar-refractivity contribution in [3.05, 3.63) is 76.4 Å². The summed E-state index contributed by atoms with van der Waals surface area (Å²) in [5.74, 6) is -0.762. The molecule has 2 heterocycles. The third-order valence-electron chi connectivity index (χ3n) is 4.27. The number of hydrogen-bond donors (Lipinski definition) is 3. The van der Waals surface area contributed by atoms with E-state index in [9.17, 15) is 14.7 Å². The quantitative estimate of drug-likeness (QED) is 0.527. The fraction of sp³-hybridized carbons (Fsp3) is 0.200. The minimum Gasteiger partial charge on any atom is -0.496 e. The number of para-hydroxylation sites is 1. The van der Waals surface area contributed by atoms with Gasteiger partial charge in [0.2, 0.25) is 0 Å². The number of carbonyl (C=O) groups excluding carboxylic acids is 2. The van der Waals surface area contributed by atoms with Crippen LogP contribution in [0.25, 0.3) is 0 Å². The highest BCUT2D eigenvalue weighted by molar-refractivity contribution is 7.08. The molecule has 1 aromatic carbocycles. The molecule has 2 amide bonds. The SMILES string of the molecule is COc1ccccc1CNC(=O)C(=O)NCC(O)(c1ccsc1)c1ccco1. The number of aliphatic hydroxyl groups is 1. The van der Waals surface area contributed by atoms with E-state index in [0.717, 1.165) is 5.56 Å². The first-order valence-corrected chi connectivity index (χ1v) is 9.46. The van der Waals surface area contributed by atoms with Crippen LogP contribution in [0.5, 0.6) is 5.75 Å². The van der Waals surface area contributed by atoms with Gasteiger partial charge < -0.3 is 24.9 Å². The van der Waals surface area contributed by atoms with E-state index in [1.165, 1.54) is 24.7 Å². The van der Waals surface area contributed by atoms with Crippen LogP contribution in [0.15, 0.2) is 63.9 Å². The van der Waals surface area contributed by atoms with Gasteiger partial charge in [-0.3, -0.25) is 9.59 Å². The first kappa shape index (κ1) is 19.7. The van der Waals surface area contributed by atoms with Gasteiger partial charge in [-0.1, -0.05) is 18.2 Å². The van der Waals surface area contributed by atoms with Crippen molar-refractivity contribution in [1.29, 1.82) is 0 Å². The van der Waals surface area contributed by atoms with E-state index in [1.54, 1.807) is 35.7 Å². The van der Waals surface area contributed by atoms with Crippen LogP contribution in [-0.2, 0) is 21.7 Å². The summed E-state index contributed by atoms with van der Waals surface area (Å²) in [6.07, 6.45) is 1.44. The Labute approximate surface area is 166 Å². The van der Waals surface area contributed by atoms with Crippen LogP contribution >= 0.6 is 11.3 Å². The monoisotopic (exact) mass is 400 g/mol. The maximum atomic E-state index is 12.2. The summed E-state index contributed by atoms with van der Waals surface area (Å²) in [5, 5.41) is 19.7. The van der Waals surface area contributed by atoms with Gasteiger partial charge in [0.05, 0.1) is 19.9 Å². The van der Waals surface area contributed by atoms with Gasteiger partial charge in [0.1, 0.15) is 11.5 Å². The Balaban J connectivity index is 1.62. The first-order chi connectivity index (χ1) is 13.5. The molecular weight excluding hydrogens is 380 g/mol. The zero-order chi connectivity index (χ0) is 20.0. The Morgan fingerprint density at radius 1 is 1.14 bits per heavy atom. The van der Waals surface area contributed by atoms with Gasteiger partial charge in [-0.15, -0.1) is 0 Å². The van der Waals surface area contributed by atoms with E-state index in [2.05, 4.69) is 10.6 Å². The van der Waals surface area contributed by atoms with Gasteiger partial charge >= 0.3 is 11.8 Å². The van der Waals surface area contributed by atoms with Gasteiger partial charge in [-0.05, 0) is 35.0 Å². The summed E-state index contributed by atoms with van der Waals surface area (Å²) in [5.41, 5.74) is -0.249. The molecule has 28 heavy (non-hydrogen) atoms. The van der Waals surface area contributed by atoms with Crippen LogP contribution in [0.3, 0.4) is 0 Å². The van der Waals surface area contributed by atoms with E-state index in [1.807, 2.05) is 17.5 Å². The number of amides is 2. The van der Waals surface area contributed by atoms with Gasteiger partial charge in [0.25, 0.3) is 0 Å². The lowest BCUT2D eigenvalue weighted by molar-refractivity contribution is -0.139. The van der Waals surface area contributed by atoms with Crippen LogP contribution in [-0.4, -0.2) is 30.6 Å². The van der Waals surface area contributed by atoms with Crippen molar-refractivity contribution in [3.8, 4) is 5.75 Å². The number of furan rings is 1. The van der Waals surface area contributed by atoms with E-state index in [4.69, 9.17) is 9.15 Å². The Kier molecular flexibility index (Phi) is 6.13. The molecule has 1 atom stereocenters. The standard InChI is InChI=1S/C20H20N2O5S/c1-26-16-6-3-2-5-14(16)11-21-18(23)19(24)22-13-20(25,15-8-10-28-12-15)17-7-4-9-27-17/h2-10,12,25H,11,13H2,1H3,(H,21,23)(H,22,24). The molecule has 0 aliphatic heterocycles. The summed E-state index contributed by atoms with van der Waals surface area (Å²) < 4.78 is 10.6. The van der Waals surface area contributed by atoms with Crippen molar-refractivity contribution in [2.24, 2.45) is 0 Å². The largest absolute Gasteiger partial charge is 0.496 e. The van der Waals surface area contributed by atoms with Crippen molar-refractivity contribution < 1.29 is 23.8 Å². The summed E-state index contributed by atoms with van der Waals surface area (Å²) in [7, 11) is 1.53. The Morgan fingerprint density at radius 2 is 1.93 bits per heavy atom. The number of rotatable bonds is 7. The molecule has 0 saturated heterocycles. The molecule has 0 bridgehead atoms. The summed E-state index contributed by atoms with van der Waals surface area (Å²) >= 11 is 1.41. The summed E-state index contributed by atoms with van der Waals surface area (Å²) in [4.78, 5) is 24.3. The number of ether oxygens (including phenoxy) is 1. The third kappa shape index (κ3) is 4.24. The zero-order valence-corrected chi connectivity index (χ0v) is 16.0. The van der Waals surface area contributed by atoms with E-state index in [-0.39, 0.29) is 18.8 Å². The molecule has 1 unspecified atom stereocenters. The van der Waals surface area contributed by atoms with Crippen molar-refractivity contribution >= 4 is 23.2 Å². The highest BCUT2D eigenvalue weighted by Gasteiger charge is 2.36. The van der Waals surface area contributed by atoms with Crippen LogP contribution in [0.2, 0.25) is 0 Å². The zero-order valence-electron chi connectivity index (χ0n) is 15.2. The highest BCUT2D eigenvalue weighted by Crippen LogP contribution is 2.30. The number of nitrogens with one attached hydrogen (secondary N) is 2. The molecule has 0 radical (unpaired) electrons. The Bertz CT molecular complexity index is 888. The third-order valence-corrected chi connectivity index (χ3v) is 4.95. The predicted molar refractivity (Wildman–Crippen MR) is 104 cm³/mol. The minimum atomic E-state index is -1.57. The number of thiophene rings is 1. The second kappa shape index (κ2) is 8.73. The molecule has 0 spiro atoms. The molecule has 8 heteroatoms. The van der Waals surface area contributed by atoms with E-state index < -0.39 is 17.4 Å². The Hall–Kier alpha value is -3.10. The van der Waals surface area contributed by atoms with Gasteiger partial charge in [-0.2, -0.15) is 11.3 Å². The maximum Gasteiger partial charge on any atom is 0.309 e. The summed E-state index contributed by atoms with van der Waals surface area (Å²) in [6, 6.07) is 12.2. The van der Waals surface area contributed by atoms with Crippen molar-refractivity contribution in [3.63, 3.8) is 0 Å². The molecule has 2 aromatic heterocycles.